The number of carboxylic acids is 1. The van der Waals surface area contributed by atoms with Crippen molar-refractivity contribution < 1.29 is 40.3 Å². The van der Waals surface area contributed by atoms with E-state index in [2.05, 4.69) is 10.2 Å². The second-order valence-corrected chi connectivity index (χ2v) is 22.6. The highest BCUT2D eigenvalue weighted by Crippen LogP contribution is 2.37. The molecule has 2 fully saturated rings. The van der Waals surface area contributed by atoms with Crippen LogP contribution in [0.2, 0.25) is 0 Å². The number of rotatable bonds is 18. The summed E-state index contributed by atoms with van der Waals surface area (Å²) in [6.07, 6.45) is 4.02. The molecule has 0 amide bonds. The number of carbonyl (C=O) groups is 2. The van der Waals surface area contributed by atoms with E-state index < -0.39 is 37.4 Å². The molecule has 4 aromatic rings. The van der Waals surface area contributed by atoms with Gasteiger partial charge in [-0.15, -0.1) is 0 Å². The third-order valence-corrected chi connectivity index (χ3v) is 13.4. The number of aliphatic carboxylic acids is 1. The molecule has 0 spiro atoms. The Bertz CT molecular complexity index is 2480. The molecule has 2 aliphatic carbocycles. The van der Waals surface area contributed by atoms with Crippen molar-refractivity contribution in [3.8, 4) is 0 Å². The molecule has 2 heterocycles. The van der Waals surface area contributed by atoms with Gasteiger partial charge in [0, 0.05) is 25.6 Å². The third kappa shape index (κ3) is 15.1. The molecule has 2 saturated carbocycles. The number of sulfone groups is 1. The van der Waals surface area contributed by atoms with Gasteiger partial charge in [0.1, 0.15) is 17.4 Å². The zero-order valence-electron chi connectivity index (χ0n) is 40.0. The Morgan fingerprint density at radius 3 is 1.29 bits per heavy atom. The normalized spacial score (nSPS) is 14.4. The van der Waals surface area contributed by atoms with Crippen molar-refractivity contribution in [3.05, 3.63) is 92.8 Å². The highest BCUT2D eigenvalue weighted by molar-refractivity contribution is 7.92. The molecule has 3 N–H and O–H groups in total. The van der Waals surface area contributed by atoms with Crippen molar-refractivity contribution in [2.75, 3.05) is 33.9 Å². The number of nitrogens with zero attached hydrogens (tertiary/aromatic N) is 6. The van der Waals surface area contributed by atoms with E-state index in [1.54, 1.807) is 21.5 Å². The van der Waals surface area contributed by atoms with Crippen LogP contribution in [-0.4, -0.2) is 97.0 Å². The number of nitrogens with two attached hydrogens (primary N) is 1. The summed E-state index contributed by atoms with van der Waals surface area (Å²) in [4.78, 5) is 27.8. The van der Waals surface area contributed by atoms with Crippen molar-refractivity contribution in [1.82, 2.24) is 29.4 Å². The molecular formula is C47H69F2N7O7S2. The zero-order chi connectivity index (χ0) is 48.9. The van der Waals surface area contributed by atoms with Gasteiger partial charge in [-0.05, 0) is 141 Å². The largest absolute Gasteiger partial charge is 0.481 e. The van der Waals surface area contributed by atoms with E-state index in [0.29, 0.717) is 19.1 Å². The fraction of sp³-hybridized carbons (Fsp3) is 0.574. The molecule has 6 rings (SSSR count). The molecule has 0 unspecified atom stereocenters. The molecule has 18 heteroatoms. The summed E-state index contributed by atoms with van der Waals surface area (Å²) in [5.74, 6) is -2.23. The number of sulfonamides is 1. The van der Waals surface area contributed by atoms with Crippen molar-refractivity contribution in [2.45, 2.75) is 153 Å². The Morgan fingerprint density at radius 1 is 0.646 bits per heavy atom. The first kappa shape index (κ1) is 53.3. The molecule has 0 atom stereocenters. The predicted octanol–water partition coefficient (Wildman–Crippen LogP) is 7.88. The van der Waals surface area contributed by atoms with Crippen molar-refractivity contribution >= 4 is 31.6 Å². The average molecular weight is 946 g/mol. The number of primary sulfonamides is 1. The summed E-state index contributed by atoms with van der Waals surface area (Å²) < 4.78 is 79.8. The number of hydrogen-bond donors (Lipinski definition) is 2. The molecule has 0 saturated heterocycles. The maximum Gasteiger partial charge on any atom is 0.307 e. The van der Waals surface area contributed by atoms with Crippen LogP contribution in [0.3, 0.4) is 0 Å². The minimum absolute atomic E-state index is 0.0189. The number of Topliss-reactive ketones (excluding diaryl/α,β-unsaturated/α-hetero) is 1. The molecule has 2 aliphatic rings. The lowest BCUT2D eigenvalue weighted by molar-refractivity contribution is -0.136. The number of ketones is 1. The van der Waals surface area contributed by atoms with Gasteiger partial charge < -0.3 is 14.9 Å². The van der Waals surface area contributed by atoms with E-state index in [4.69, 9.17) is 10.2 Å². The monoisotopic (exact) mass is 945 g/mol. The first-order valence-electron chi connectivity index (χ1n) is 22.2. The Morgan fingerprint density at radius 2 is 0.985 bits per heavy atom. The first-order chi connectivity index (χ1) is 30.1. The van der Waals surface area contributed by atoms with Crippen LogP contribution in [0.5, 0.6) is 0 Å². The fourth-order valence-corrected chi connectivity index (χ4v) is 9.48. The summed E-state index contributed by atoms with van der Waals surface area (Å²) in [7, 11) is 0.135. The highest BCUT2D eigenvalue weighted by atomic mass is 32.2. The number of carbonyl (C=O) groups excluding carboxylic acids is 1. The molecule has 360 valence electrons. The lowest BCUT2D eigenvalue weighted by Crippen LogP contribution is -2.20. The first-order valence-corrected chi connectivity index (χ1v) is 25.4. The number of benzene rings is 2. The summed E-state index contributed by atoms with van der Waals surface area (Å²) in [6.45, 7) is 16.8. The summed E-state index contributed by atoms with van der Waals surface area (Å²) in [5.41, 5.74) is 6.36. The SMILES string of the molecule is CC(C)c1cc(F)cc(C(C)C)c1CC(=O)CS(=O)(=O)c1cc(CN(C)C)n(C2CC2)n1.CC(C)c1cc(F)cc(C(C)C)c1CC(=O)O.CN(C)Cc1cc(S(N)(=O)=O)nn1C1CC1. The van der Waals surface area contributed by atoms with Gasteiger partial charge in [0.05, 0.1) is 29.9 Å². The maximum atomic E-state index is 14.2. The van der Waals surface area contributed by atoms with E-state index in [9.17, 15) is 35.2 Å². The van der Waals surface area contributed by atoms with Crippen LogP contribution in [0, 0.1) is 11.6 Å². The molecule has 0 radical (unpaired) electrons. The Hall–Kier alpha value is -4.36. The summed E-state index contributed by atoms with van der Waals surface area (Å²) in [5, 5.41) is 22.4. The van der Waals surface area contributed by atoms with Gasteiger partial charge in [-0.1, -0.05) is 55.4 Å². The van der Waals surface area contributed by atoms with Crippen LogP contribution in [0.15, 0.2) is 46.5 Å². The van der Waals surface area contributed by atoms with Crippen LogP contribution >= 0.6 is 0 Å². The second kappa shape index (κ2) is 22.0. The number of carboxylic acid groups (broad SMARTS) is 1. The van der Waals surface area contributed by atoms with Gasteiger partial charge in [-0.2, -0.15) is 10.2 Å². The van der Waals surface area contributed by atoms with Crippen LogP contribution in [-0.2, 0) is 55.4 Å². The molecule has 65 heavy (non-hydrogen) atoms. The van der Waals surface area contributed by atoms with Gasteiger partial charge in [-0.3, -0.25) is 19.0 Å². The number of aromatic nitrogens is 4. The van der Waals surface area contributed by atoms with Crippen LogP contribution in [0.4, 0.5) is 8.78 Å². The van der Waals surface area contributed by atoms with Crippen molar-refractivity contribution in [2.24, 2.45) is 5.14 Å². The lowest BCUT2D eigenvalue weighted by Gasteiger charge is -2.19. The lowest BCUT2D eigenvalue weighted by atomic mass is 9.86. The Labute approximate surface area is 384 Å². The molecule has 2 aromatic carbocycles. The van der Waals surface area contributed by atoms with Gasteiger partial charge >= 0.3 is 5.97 Å². The van der Waals surface area contributed by atoms with Gasteiger partial charge in [0.25, 0.3) is 10.0 Å². The second-order valence-electron chi connectivity index (χ2n) is 19.1. The van der Waals surface area contributed by atoms with E-state index in [1.165, 1.54) is 24.3 Å². The molecule has 0 aliphatic heterocycles. The number of hydrogen-bond acceptors (Lipinski definition) is 10. The standard InChI is InChI=1S/C24H34FN3O3S.C14H19FO2.C9H16N4O2S/c1-15(2)21-9-17(25)10-22(16(3)4)23(21)12-20(29)14-32(30,31)24-11-19(13-27(5)6)28(26-24)18-7-8-18;1-8(2)11-5-10(15)6-12(9(3)4)13(11)7-14(16)17;1-12(2)6-8-5-9(16(10,14)15)11-13(8)7-3-4-7/h9-11,15-16,18H,7-8,12-14H2,1-6H3;5-6,8-9H,7H2,1-4H3,(H,16,17);5,7H,3-4,6H2,1-2H3,(H2,10,14,15). The minimum atomic E-state index is -3.87. The fourth-order valence-electron chi connectivity index (χ4n) is 7.78. The highest BCUT2D eigenvalue weighted by Gasteiger charge is 2.32. The third-order valence-electron chi connectivity index (χ3n) is 11.0. The topological polar surface area (TPSA) is 191 Å². The molecule has 14 nitrogen and oxygen atoms in total. The quantitative estimate of drug-likeness (QED) is 0.0987. The summed E-state index contributed by atoms with van der Waals surface area (Å²) in [6, 6.07) is 9.57. The smallest absolute Gasteiger partial charge is 0.307 e. The van der Waals surface area contributed by atoms with E-state index in [0.717, 1.165) is 70.5 Å². The average Bonchev–Trinajstić information content (AvgIpc) is 4.11. The van der Waals surface area contributed by atoms with E-state index in [-0.39, 0.29) is 64.2 Å². The van der Waals surface area contributed by atoms with Gasteiger partial charge in [-0.25, -0.2) is 30.8 Å². The van der Waals surface area contributed by atoms with Gasteiger partial charge in [0.2, 0.25) is 9.84 Å². The predicted molar refractivity (Wildman–Crippen MR) is 248 cm³/mol. The minimum Gasteiger partial charge on any atom is -0.481 e. The van der Waals surface area contributed by atoms with Crippen LogP contribution < -0.4 is 5.14 Å². The maximum absolute atomic E-state index is 14.2. The van der Waals surface area contributed by atoms with Crippen LogP contribution in [0.25, 0.3) is 0 Å². The van der Waals surface area contributed by atoms with Gasteiger partial charge in [0.15, 0.2) is 15.8 Å². The number of halogens is 2. The zero-order valence-corrected chi connectivity index (χ0v) is 41.7. The molecule has 0 bridgehead atoms. The Balaban J connectivity index is 0.000000235. The van der Waals surface area contributed by atoms with Crippen molar-refractivity contribution in [3.63, 3.8) is 0 Å². The van der Waals surface area contributed by atoms with E-state index >= 15 is 0 Å². The van der Waals surface area contributed by atoms with Crippen molar-refractivity contribution in [1.29, 1.82) is 0 Å². The molecular weight excluding hydrogens is 877 g/mol. The molecule has 2 aromatic heterocycles. The summed E-state index contributed by atoms with van der Waals surface area (Å²) >= 11 is 0. The van der Waals surface area contributed by atoms with E-state index in [1.807, 2.05) is 93.4 Å². The van der Waals surface area contributed by atoms with Crippen LogP contribution in [0.1, 0.15) is 162 Å². The Kier molecular flexibility index (Phi) is 18.0.